The van der Waals surface area contributed by atoms with E-state index >= 15 is 0 Å². The monoisotopic (exact) mass is 280 g/mol. The Hall–Kier alpha value is -2.16. The van der Waals surface area contributed by atoms with Crippen molar-refractivity contribution in [1.29, 1.82) is 0 Å². The van der Waals surface area contributed by atoms with Gasteiger partial charge in [0, 0.05) is 23.1 Å². The first-order valence-corrected chi connectivity index (χ1v) is 7.56. The Labute approximate surface area is 125 Å². The van der Waals surface area contributed by atoms with Gasteiger partial charge in [-0.2, -0.15) is 0 Å². The summed E-state index contributed by atoms with van der Waals surface area (Å²) in [6.07, 6.45) is 6.92. The summed E-state index contributed by atoms with van der Waals surface area (Å²) in [5, 5.41) is 2.91. The number of nitrogens with zero attached hydrogens (tertiary/aromatic N) is 1. The Bertz CT molecular complexity index is 628. The maximum atomic E-state index is 12.2. The Morgan fingerprint density at radius 2 is 1.86 bits per heavy atom. The van der Waals surface area contributed by atoms with Crippen molar-refractivity contribution >= 4 is 11.6 Å². The number of pyridine rings is 1. The topological polar surface area (TPSA) is 42.0 Å². The second kappa shape index (κ2) is 6.08. The lowest BCUT2D eigenvalue weighted by atomic mass is 9.96. The van der Waals surface area contributed by atoms with Gasteiger partial charge < -0.3 is 5.32 Å². The molecule has 3 heteroatoms. The van der Waals surface area contributed by atoms with Crippen LogP contribution in [0.2, 0.25) is 0 Å². The molecular weight excluding hydrogens is 260 g/mol. The number of rotatable bonds is 3. The Kier molecular flexibility index (Phi) is 4.00. The molecule has 0 atom stereocenters. The first kappa shape index (κ1) is 13.8. The van der Waals surface area contributed by atoms with Crippen molar-refractivity contribution in [2.45, 2.75) is 38.5 Å². The molecule has 1 aromatic heterocycles. The molecule has 1 N–H and O–H groups in total. The van der Waals surface area contributed by atoms with E-state index in [1.54, 1.807) is 12.3 Å². The number of hydrogen-bond donors (Lipinski definition) is 1. The summed E-state index contributed by atoms with van der Waals surface area (Å²) in [7, 11) is 0. The molecule has 21 heavy (non-hydrogen) atoms. The second-order valence-corrected chi connectivity index (χ2v) is 5.74. The van der Waals surface area contributed by atoms with Crippen molar-refractivity contribution in [3.63, 3.8) is 0 Å². The van der Waals surface area contributed by atoms with Crippen molar-refractivity contribution in [3.05, 3.63) is 59.4 Å². The van der Waals surface area contributed by atoms with Gasteiger partial charge in [-0.1, -0.05) is 25.0 Å². The normalized spacial score (nSPS) is 15.1. The van der Waals surface area contributed by atoms with Crippen LogP contribution >= 0.6 is 0 Å². The fourth-order valence-electron chi connectivity index (χ4n) is 2.99. The molecule has 3 rings (SSSR count). The standard InChI is InChI=1S/C18H20N2O/c1-13-12-17(10-11-19-13)20-18(21)16-8-6-15(7-9-16)14-4-2-3-5-14/h6-12,14H,2-5H2,1H3,(H,19,20,21). The van der Waals surface area contributed by atoms with E-state index in [-0.39, 0.29) is 5.91 Å². The second-order valence-electron chi connectivity index (χ2n) is 5.74. The van der Waals surface area contributed by atoms with Crippen LogP contribution in [0.25, 0.3) is 0 Å². The van der Waals surface area contributed by atoms with Crippen LogP contribution in [0, 0.1) is 6.92 Å². The quantitative estimate of drug-likeness (QED) is 0.910. The average Bonchev–Trinajstić information content (AvgIpc) is 3.01. The highest BCUT2D eigenvalue weighted by atomic mass is 16.1. The minimum Gasteiger partial charge on any atom is -0.322 e. The lowest BCUT2D eigenvalue weighted by molar-refractivity contribution is 0.102. The molecule has 1 aliphatic carbocycles. The molecular formula is C18H20N2O. The third-order valence-electron chi connectivity index (χ3n) is 4.15. The van der Waals surface area contributed by atoms with Crippen LogP contribution in [-0.4, -0.2) is 10.9 Å². The average molecular weight is 280 g/mol. The van der Waals surface area contributed by atoms with Gasteiger partial charge in [-0.3, -0.25) is 9.78 Å². The predicted molar refractivity (Wildman–Crippen MR) is 84.6 cm³/mol. The molecule has 1 fully saturated rings. The first-order valence-electron chi connectivity index (χ1n) is 7.56. The van der Waals surface area contributed by atoms with Crippen LogP contribution in [-0.2, 0) is 0 Å². The fourth-order valence-corrected chi connectivity index (χ4v) is 2.99. The van der Waals surface area contributed by atoms with Gasteiger partial charge in [0.25, 0.3) is 5.91 Å². The van der Waals surface area contributed by atoms with E-state index in [2.05, 4.69) is 22.4 Å². The van der Waals surface area contributed by atoms with Crippen LogP contribution in [0.5, 0.6) is 0 Å². The molecule has 0 spiro atoms. The molecule has 0 saturated heterocycles. The van der Waals surface area contributed by atoms with E-state index in [1.165, 1.54) is 31.2 Å². The van der Waals surface area contributed by atoms with Crippen LogP contribution in [0.1, 0.15) is 53.2 Å². The minimum absolute atomic E-state index is 0.0708. The molecule has 3 nitrogen and oxygen atoms in total. The van der Waals surface area contributed by atoms with Gasteiger partial charge in [-0.05, 0) is 55.5 Å². The molecule has 1 heterocycles. The predicted octanol–water partition coefficient (Wildman–Crippen LogP) is 4.30. The first-order chi connectivity index (χ1) is 10.2. The van der Waals surface area contributed by atoms with Crippen LogP contribution < -0.4 is 5.32 Å². The molecule has 0 aliphatic heterocycles. The smallest absolute Gasteiger partial charge is 0.255 e. The maximum absolute atomic E-state index is 12.2. The van der Waals surface area contributed by atoms with E-state index < -0.39 is 0 Å². The minimum atomic E-state index is -0.0708. The fraction of sp³-hybridized carbons (Fsp3) is 0.333. The summed E-state index contributed by atoms with van der Waals surface area (Å²) in [4.78, 5) is 16.4. The van der Waals surface area contributed by atoms with Gasteiger partial charge in [0.1, 0.15) is 0 Å². The lowest BCUT2D eigenvalue weighted by Crippen LogP contribution is -2.12. The highest BCUT2D eigenvalue weighted by Crippen LogP contribution is 2.33. The van der Waals surface area contributed by atoms with Gasteiger partial charge in [0.2, 0.25) is 0 Å². The molecule has 108 valence electrons. The van der Waals surface area contributed by atoms with Crippen molar-refractivity contribution in [2.24, 2.45) is 0 Å². The number of carbonyl (C=O) groups is 1. The summed E-state index contributed by atoms with van der Waals surface area (Å²) in [6.45, 7) is 1.91. The van der Waals surface area contributed by atoms with E-state index in [0.29, 0.717) is 11.5 Å². The van der Waals surface area contributed by atoms with Crippen molar-refractivity contribution < 1.29 is 4.79 Å². The summed E-state index contributed by atoms with van der Waals surface area (Å²) < 4.78 is 0. The largest absolute Gasteiger partial charge is 0.322 e. The molecule has 1 aromatic carbocycles. The highest BCUT2D eigenvalue weighted by Gasteiger charge is 2.17. The Morgan fingerprint density at radius 1 is 1.14 bits per heavy atom. The molecule has 1 saturated carbocycles. The number of aromatic nitrogens is 1. The number of aryl methyl sites for hydroxylation is 1. The SMILES string of the molecule is Cc1cc(NC(=O)c2ccc(C3CCCC3)cc2)ccn1. The van der Waals surface area contributed by atoms with Gasteiger partial charge >= 0.3 is 0 Å². The third kappa shape index (κ3) is 3.30. The number of benzene rings is 1. The van der Waals surface area contributed by atoms with E-state index in [0.717, 1.165) is 11.4 Å². The molecule has 1 amide bonds. The van der Waals surface area contributed by atoms with Crippen molar-refractivity contribution in [3.8, 4) is 0 Å². The van der Waals surface area contributed by atoms with Gasteiger partial charge in [0.05, 0.1) is 0 Å². The van der Waals surface area contributed by atoms with Crippen LogP contribution in [0.4, 0.5) is 5.69 Å². The summed E-state index contributed by atoms with van der Waals surface area (Å²) >= 11 is 0. The van der Waals surface area contributed by atoms with Crippen LogP contribution in [0.15, 0.2) is 42.6 Å². The van der Waals surface area contributed by atoms with Gasteiger partial charge in [-0.15, -0.1) is 0 Å². The summed E-state index contributed by atoms with van der Waals surface area (Å²) in [5.41, 5.74) is 3.74. The van der Waals surface area contributed by atoms with Crippen LogP contribution in [0.3, 0.4) is 0 Å². The number of carbonyl (C=O) groups excluding carboxylic acids is 1. The lowest BCUT2D eigenvalue weighted by Gasteiger charge is -2.10. The van der Waals surface area contributed by atoms with Crippen molar-refractivity contribution in [1.82, 2.24) is 4.98 Å². The van der Waals surface area contributed by atoms with E-state index in [4.69, 9.17) is 0 Å². The molecule has 1 aliphatic rings. The molecule has 2 aromatic rings. The number of hydrogen-bond acceptors (Lipinski definition) is 2. The number of nitrogens with one attached hydrogen (secondary N) is 1. The summed E-state index contributed by atoms with van der Waals surface area (Å²) in [5.74, 6) is 0.614. The maximum Gasteiger partial charge on any atom is 0.255 e. The van der Waals surface area contributed by atoms with E-state index in [9.17, 15) is 4.79 Å². The molecule has 0 radical (unpaired) electrons. The van der Waals surface area contributed by atoms with E-state index in [1.807, 2.05) is 25.1 Å². The molecule has 0 unspecified atom stereocenters. The zero-order chi connectivity index (χ0) is 14.7. The number of anilines is 1. The Morgan fingerprint density at radius 3 is 2.52 bits per heavy atom. The van der Waals surface area contributed by atoms with Gasteiger partial charge in [0.15, 0.2) is 0 Å². The summed E-state index contributed by atoms with van der Waals surface area (Å²) in [6, 6.07) is 11.7. The van der Waals surface area contributed by atoms with Gasteiger partial charge in [-0.25, -0.2) is 0 Å². The zero-order valence-corrected chi connectivity index (χ0v) is 12.3. The molecule has 0 bridgehead atoms. The zero-order valence-electron chi connectivity index (χ0n) is 12.3. The Balaban J connectivity index is 1.70. The van der Waals surface area contributed by atoms with Crippen molar-refractivity contribution in [2.75, 3.05) is 5.32 Å². The highest BCUT2D eigenvalue weighted by molar-refractivity contribution is 6.04. The third-order valence-corrected chi connectivity index (χ3v) is 4.15. The number of amides is 1.